The summed E-state index contributed by atoms with van der Waals surface area (Å²) < 4.78 is 5.78. The normalized spacial score (nSPS) is 40.1. The van der Waals surface area contributed by atoms with Gasteiger partial charge in [0.15, 0.2) is 5.78 Å². The largest absolute Gasteiger partial charge is 0.478 e. The fourth-order valence-electron chi connectivity index (χ4n) is 9.46. The van der Waals surface area contributed by atoms with Crippen LogP contribution in [-0.2, 0) is 19.1 Å². The average Bonchev–Trinajstić information content (AvgIpc) is 3.11. The van der Waals surface area contributed by atoms with E-state index in [9.17, 15) is 24.6 Å². The molecule has 0 aromatic rings. The van der Waals surface area contributed by atoms with Crippen LogP contribution in [0.25, 0.3) is 0 Å². The number of carbonyl (C=O) groups is 3. The number of aliphatic hydroxyl groups excluding tert-OH is 1. The Balaban J connectivity index is 1.71. The number of ether oxygens (including phenoxy) is 1. The van der Waals surface area contributed by atoms with Crippen LogP contribution in [0, 0.1) is 39.4 Å². The van der Waals surface area contributed by atoms with Gasteiger partial charge in [0.25, 0.3) is 0 Å². The van der Waals surface area contributed by atoms with Crippen LogP contribution < -0.4 is 0 Å². The van der Waals surface area contributed by atoms with E-state index in [0.717, 1.165) is 44.1 Å². The molecule has 2 saturated carbocycles. The maximum absolute atomic E-state index is 14.0. The molecule has 212 valence electrons. The zero-order valence-electron chi connectivity index (χ0n) is 24.6. The monoisotopic (exact) mass is 528 g/mol. The van der Waals surface area contributed by atoms with Gasteiger partial charge in [-0.15, -0.1) is 0 Å². The fourth-order valence-corrected chi connectivity index (χ4v) is 9.46. The quantitative estimate of drug-likeness (QED) is 0.311. The van der Waals surface area contributed by atoms with Crippen LogP contribution in [0.1, 0.15) is 107 Å². The third-order valence-corrected chi connectivity index (χ3v) is 12.1. The van der Waals surface area contributed by atoms with Crippen LogP contribution in [0.15, 0.2) is 22.8 Å². The van der Waals surface area contributed by atoms with Crippen LogP contribution >= 0.6 is 0 Å². The van der Waals surface area contributed by atoms with Crippen LogP contribution in [0.2, 0.25) is 0 Å². The number of aliphatic hydroxyl groups is 1. The molecule has 4 aliphatic rings. The number of rotatable bonds is 6. The lowest BCUT2D eigenvalue weighted by atomic mass is 9.43. The van der Waals surface area contributed by atoms with Gasteiger partial charge in [0.05, 0.1) is 6.10 Å². The molecule has 0 aromatic heterocycles. The highest BCUT2D eigenvalue weighted by molar-refractivity contribution is 5.99. The Morgan fingerprint density at radius 1 is 1.08 bits per heavy atom. The first-order chi connectivity index (χ1) is 17.5. The topological polar surface area (TPSA) is 101 Å². The number of carboxylic acid groups (broad SMARTS) is 1. The molecule has 0 radical (unpaired) electrons. The SMILES string of the molecule is CC(=O)O[C@@H](C/C=C(\C)C(=O)O)[C@@H](C)[C@H]1CC[C@@]2(C)C3=C(CC[C@]12C)[C@@]1(C)CC[C@H](O)C(C)(C)[C@@H]1CC3=O. The van der Waals surface area contributed by atoms with Crippen LogP contribution in [-0.4, -0.2) is 40.1 Å². The summed E-state index contributed by atoms with van der Waals surface area (Å²) in [7, 11) is 0. The predicted octanol–water partition coefficient (Wildman–Crippen LogP) is 6.26. The Hall–Kier alpha value is -1.95. The second-order valence-electron chi connectivity index (χ2n) is 14.2. The third kappa shape index (κ3) is 4.20. The van der Waals surface area contributed by atoms with E-state index in [1.165, 1.54) is 12.5 Å². The van der Waals surface area contributed by atoms with Gasteiger partial charge in [-0.25, -0.2) is 4.79 Å². The van der Waals surface area contributed by atoms with Crippen LogP contribution in [0.3, 0.4) is 0 Å². The summed E-state index contributed by atoms with van der Waals surface area (Å²) in [6.07, 6.45) is 7.17. The van der Waals surface area contributed by atoms with Crippen molar-refractivity contribution in [2.45, 2.75) is 119 Å². The van der Waals surface area contributed by atoms with Crippen molar-refractivity contribution in [3.05, 3.63) is 22.8 Å². The van der Waals surface area contributed by atoms with Crippen molar-refractivity contribution in [1.29, 1.82) is 0 Å². The highest BCUT2D eigenvalue weighted by Gasteiger charge is 2.65. The first-order valence-corrected chi connectivity index (χ1v) is 14.5. The first-order valence-electron chi connectivity index (χ1n) is 14.5. The number of fused-ring (bicyclic) bond motifs is 4. The molecular formula is C32H48O6. The summed E-state index contributed by atoms with van der Waals surface area (Å²) >= 11 is 0. The second kappa shape index (κ2) is 9.60. The minimum absolute atomic E-state index is 0.0245. The summed E-state index contributed by atoms with van der Waals surface area (Å²) in [5, 5.41) is 20.1. The predicted molar refractivity (Wildman–Crippen MR) is 146 cm³/mol. The molecule has 0 amide bonds. The van der Waals surface area contributed by atoms with Crippen molar-refractivity contribution in [3.8, 4) is 0 Å². The van der Waals surface area contributed by atoms with E-state index in [4.69, 9.17) is 4.74 Å². The number of carbonyl (C=O) groups excluding carboxylic acids is 2. The number of hydrogen-bond donors (Lipinski definition) is 2. The van der Waals surface area contributed by atoms with Crippen molar-refractivity contribution in [2.75, 3.05) is 0 Å². The maximum atomic E-state index is 14.0. The van der Waals surface area contributed by atoms with Gasteiger partial charge in [-0.1, -0.05) is 53.2 Å². The molecule has 0 saturated heterocycles. The van der Waals surface area contributed by atoms with E-state index in [0.29, 0.717) is 12.8 Å². The van der Waals surface area contributed by atoms with Gasteiger partial charge < -0.3 is 14.9 Å². The lowest BCUT2D eigenvalue weighted by Gasteiger charge is -2.61. The van der Waals surface area contributed by atoms with E-state index >= 15 is 0 Å². The lowest BCUT2D eigenvalue weighted by molar-refractivity contribution is -0.151. The maximum Gasteiger partial charge on any atom is 0.330 e. The highest BCUT2D eigenvalue weighted by Crippen LogP contribution is 2.72. The number of aliphatic carboxylic acids is 1. The van der Waals surface area contributed by atoms with E-state index < -0.39 is 12.1 Å². The number of esters is 1. The van der Waals surface area contributed by atoms with E-state index in [2.05, 4.69) is 41.5 Å². The lowest BCUT2D eigenvalue weighted by Crippen LogP contribution is -2.57. The Bertz CT molecular complexity index is 1080. The van der Waals surface area contributed by atoms with Gasteiger partial charge >= 0.3 is 11.9 Å². The Morgan fingerprint density at radius 3 is 2.34 bits per heavy atom. The molecule has 38 heavy (non-hydrogen) atoms. The Morgan fingerprint density at radius 2 is 1.74 bits per heavy atom. The van der Waals surface area contributed by atoms with Gasteiger partial charge in [0.1, 0.15) is 6.10 Å². The molecule has 8 atom stereocenters. The highest BCUT2D eigenvalue weighted by atomic mass is 16.5. The van der Waals surface area contributed by atoms with Gasteiger partial charge in [-0.05, 0) is 79.4 Å². The minimum Gasteiger partial charge on any atom is -0.478 e. The van der Waals surface area contributed by atoms with E-state index in [1.54, 1.807) is 13.0 Å². The molecule has 6 nitrogen and oxygen atoms in total. The average molecular weight is 529 g/mol. The van der Waals surface area contributed by atoms with Crippen molar-refractivity contribution in [2.24, 2.45) is 39.4 Å². The summed E-state index contributed by atoms with van der Waals surface area (Å²) in [5.74, 6) is -0.641. The molecule has 0 aliphatic heterocycles. The summed E-state index contributed by atoms with van der Waals surface area (Å²) in [6, 6.07) is 0. The Kier molecular flexibility index (Phi) is 7.34. The first kappa shape index (κ1) is 29.0. The molecule has 0 spiro atoms. The summed E-state index contributed by atoms with van der Waals surface area (Å²) in [6.45, 7) is 16.4. The zero-order valence-corrected chi connectivity index (χ0v) is 24.6. The van der Waals surface area contributed by atoms with E-state index in [-0.39, 0.29) is 62.8 Å². The molecule has 0 bridgehead atoms. The number of hydrogen-bond acceptors (Lipinski definition) is 5. The number of Topliss-reactive ketones (excluding diaryl/α,β-unsaturated/α-hetero) is 1. The molecular weight excluding hydrogens is 480 g/mol. The molecule has 4 aliphatic carbocycles. The zero-order chi connectivity index (χ0) is 28.4. The molecule has 2 fully saturated rings. The molecule has 6 heteroatoms. The molecule has 4 rings (SSSR count). The number of allylic oxidation sites excluding steroid dienone is 2. The molecule has 0 unspecified atom stereocenters. The van der Waals surface area contributed by atoms with Crippen molar-refractivity contribution in [3.63, 3.8) is 0 Å². The van der Waals surface area contributed by atoms with Crippen molar-refractivity contribution < 1.29 is 29.3 Å². The Labute approximate surface area is 228 Å². The minimum atomic E-state index is -0.965. The van der Waals surface area contributed by atoms with Crippen LogP contribution in [0.4, 0.5) is 0 Å². The van der Waals surface area contributed by atoms with Crippen molar-refractivity contribution >= 4 is 17.7 Å². The summed E-state index contributed by atoms with van der Waals surface area (Å²) in [4.78, 5) is 37.4. The fraction of sp³-hybridized carbons (Fsp3) is 0.781. The van der Waals surface area contributed by atoms with Gasteiger partial charge in [0, 0.05) is 36.3 Å². The molecule has 0 aromatic carbocycles. The van der Waals surface area contributed by atoms with Gasteiger partial charge in [-0.3, -0.25) is 9.59 Å². The van der Waals surface area contributed by atoms with Crippen molar-refractivity contribution in [1.82, 2.24) is 0 Å². The standard InChI is InChI=1S/C32H48O6/c1-18(28(36)37)9-10-24(38-20(3)33)19(2)21-11-16-32(8)27-22(12-15-31(21,32)7)30(6)14-13-26(35)29(4,5)25(30)17-23(27)34/h9,19,21,24-26,35H,10-17H2,1-8H3,(H,36,37)/b18-9+/t19-,21+,24-,25-,26-,30+,31+,32-/m0/s1. The molecule has 2 N–H and O–H groups in total. The van der Waals surface area contributed by atoms with Gasteiger partial charge in [0.2, 0.25) is 0 Å². The van der Waals surface area contributed by atoms with Crippen LogP contribution in [0.5, 0.6) is 0 Å². The van der Waals surface area contributed by atoms with E-state index in [1.807, 2.05) is 0 Å². The number of ketones is 1. The third-order valence-electron chi connectivity index (χ3n) is 12.1. The molecule has 0 heterocycles. The smallest absolute Gasteiger partial charge is 0.330 e. The van der Waals surface area contributed by atoms with Gasteiger partial charge in [-0.2, -0.15) is 0 Å². The number of carboxylic acids is 1. The second-order valence-corrected chi connectivity index (χ2v) is 14.2. The summed E-state index contributed by atoms with van der Waals surface area (Å²) in [5.41, 5.74) is 1.92.